The van der Waals surface area contributed by atoms with Crippen molar-refractivity contribution in [3.8, 4) is 5.82 Å². The average Bonchev–Trinajstić information content (AvgIpc) is 3.50. The maximum atomic E-state index is 13.3. The zero-order valence-corrected chi connectivity index (χ0v) is 19.5. The molecule has 2 aliphatic rings. The van der Waals surface area contributed by atoms with E-state index in [0.29, 0.717) is 25.3 Å². The Morgan fingerprint density at radius 3 is 2.79 bits per heavy atom. The smallest absolute Gasteiger partial charge is 0.289 e. The SMILES string of the molecule is Cc1cc(C(=O)N2CCC3(C2)c2cccn2-c2ncccc2N3CC(=O)NC(C)C)oc1C. The number of hydrogen-bond acceptors (Lipinski definition) is 5. The molecule has 2 amide bonds. The molecule has 1 N–H and O–H groups in total. The number of aryl methyl sites for hydroxylation is 2. The molecule has 0 bridgehead atoms. The highest BCUT2D eigenvalue weighted by Crippen LogP contribution is 2.47. The van der Waals surface area contributed by atoms with E-state index < -0.39 is 5.54 Å². The highest BCUT2D eigenvalue weighted by molar-refractivity contribution is 5.92. The number of carbonyl (C=O) groups is 2. The summed E-state index contributed by atoms with van der Waals surface area (Å²) in [7, 11) is 0. The van der Waals surface area contributed by atoms with Crippen molar-refractivity contribution in [1.29, 1.82) is 0 Å². The van der Waals surface area contributed by atoms with E-state index in [1.54, 1.807) is 12.3 Å². The summed E-state index contributed by atoms with van der Waals surface area (Å²) in [6, 6.07) is 9.80. The Kier molecular flexibility index (Phi) is 5.03. The number of amides is 2. The summed E-state index contributed by atoms with van der Waals surface area (Å²) in [6.07, 6.45) is 4.46. The molecule has 5 rings (SSSR count). The van der Waals surface area contributed by atoms with Crippen molar-refractivity contribution in [2.45, 2.75) is 45.7 Å². The van der Waals surface area contributed by atoms with Crippen LogP contribution in [0.3, 0.4) is 0 Å². The lowest BCUT2D eigenvalue weighted by molar-refractivity contribution is -0.120. The zero-order chi connectivity index (χ0) is 23.3. The number of likely N-dealkylation sites (tertiary alicyclic amines) is 1. The number of nitrogens with one attached hydrogen (secondary N) is 1. The molecule has 1 spiro atoms. The first-order chi connectivity index (χ1) is 15.8. The van der Waals surface area contributed by atoms with Gasteiger partial charge in [0.1, 0.15) is 11.3 Å². The van der Waals surface area contributed by atoms with Gasteiger partial charge in [-0.1, -0.05) is 0 Å². The lowest BCUT2D eigenvalue weighted by atomic mass is 9.88. The van der Waals surface area contributed by atoms with Crippen LogP contribution in [-0.2, 0) is 10.3 Å². The third-order valence-electron chi connectivity index (χ3n) is 6.69. The number of furan rings is 1. The Labute approximate surface area is 193 Å². The Bertz CT molecular complexity index is 1210. The van der Waals surface area contributed by atoms with Crippen LogP contribution in [-0.4, -0.2) is 51.9 Å². The summed E-state index contributed by atoms with van der Waals surface area (Å²) >= 11 is 0. The van der Waals surface area contributed by atoms with E-state index in [2.05, 4.69) is 25.8 Å². The number of pyridine rings is 1. The fourth-order valence-corrected chi connectivity index (χ4v) is 5.08. The van der Waals surface area contributed by atoms with Gasteiger partial charge in [0.15, 0.2) is 11.6 Å². The standard InChI is InChI=1S/C25H29N5O3/c1-16(2)27-22(31)14-30-19-7-5-10-26-23(19)29-11-6-8-21(29)25(30)9-12-28(15-25)24(32)20-13-17(3)18(4)33-20/h5-8,10-11,13,16H,9,12,14-15H2,1-4H3,(H,27,31). The van der Waals surface area contributed by atoms with Crippen molar-refractivity contribution < 1.29 is 14.0 Å². The van der Waals surface area contributed by atoms with Crippen LogP contribution in [0, 0.1) is 13.8 Å². The molecule has 5 heterocycles. The Hall–Kier alpha value is -3.55. The summed E-state index contributed by atoms with van der Waals surface area (Å²) < 4.78 is 7.81. The number of carbonyl (C=O) groups excluding carboxylic acids is 2. The van der Waals surface area contributed by atoms with Crippen molar-refractivity contribution in [3.05, 3.63) is 65.5 Å². The summed E-state index contributed by atoms with van der Waals surface area (Å²) in [6.45, 7) is 8.92. The van der Waals surface area contributed by atoms with Gasteiger partial charge in [0.2, 0.25) is 5.91 Å². The molecular formula is C25H29N5O3. The van der Waals surface area contributed by atoms with Crippen LogP contribution < -0.4 is 10.2 Å². The fraction of sp³-hybridized carbons (Fsp3) is 0.400. The van der Waals surface area contributed by atoms with E-state index in [0.717, 1.165) is 28.5 Å². The van der Waals surface area contributed by atoms with Gasteiger partial charge in [0.25, 0.3) is 5.91 Å². The summed E-state index contributed by atoms with van der Waals surface area (Å²) in [4.78, 5) is 34.8. The van der Waals surface area contributed by atoms with Crippen molar-refractivity contribution in [3.63, 3.8) is 0 Å². The third kappa shape index (κ3) is 3.41. The minimum absolute atomic E-state index is 0.0440. The Balaban J connectivity index is 1.55. The predicted octanol–water partition coefficient (Wildman–Crippen LogP) is 3.17. The van der Waals surface area contributed by atoms with Gasteiger partial charge in [-0.05, 0) is 70.0 Å². The van der Waals surface area contributed by atoms with Crippen LogP contribution in [0.5, 0.6) is 0 Å². The molecule has 8 nitrogen and oxygen atoms in total. The van der Waals surface area contributed by atoms with Gasteiger partial charge in [0, 0.05) is 25.0 Å². The lowest BCUT2D eigenvalue weighted by Gasteiger charge is -2.46. The van der Waals surface area contributed by atoms with Crippen molar-refractivity contribution >= 4 is 17.5 Å². The molecule has 1 saturated heterocycles. The largest absolute Gasteiger partial charge is 0.456 e. The predicted molar refractivity (Wildman–Crippen MR) is 125 cm³/mol. The number of nitrogens with zero attached hydrogens (tertiary/aromatic N) is 4. The molecule has 3 aromatic rings. The van der Waals surface area contributed by atoms with Crippen LogP contribution in [0.1, 0.15) is 47.8 Å². The van der Waals surface area contributed by atoms with Gasteiger partial charge in [-0.15, -0.1) is 0 Å². The van der Waals surface area contributed by atoms with E-state index in [9.17, 15) is 9.59 Å². The first-order valence-electron chi connectivity index (χ1n) is 11.4. The van der Waals surface area contributed by atoms with Gasteiger partial charge in [-0.3, -0.25) is 9.59 Å². The normalized spacial score (nSPS) is 19.2. The van der Waals surface area contributed by atoms with Crippen LogP contribution in [0.25, 0.3) is 5.82 Å². The minimum Gasteiger partial charge on any atom is -0.456 e. The summed E-state index contributed by atoms with van der Waals surface area (Å²) in [5, 5.41) is 3.01. The molecule has 2 aliphatic heterocycles. The van der Waals surface area contributed by atoms with Gasteiger partial charge < -0.3 is 24.1 Å². The molecule has 33 heavy (non-hydrogen) atoms. The topological polar surface area (TPSA) is 83.6 Å². The summed E-state index contributed by atoms with van der Waals surface area (Å²) in [5.74, 6) is 1.73. The van der Waals surface area contributed by atoms with E-state index in [4.69, 9.17) is 4.42 Å². The molecule has 3 aromatic heterocycles. The highest BCUT2D eigenvalue weighted by Gasteiger charge is 2.51. The fourth-order valence-electron chi connectivity index (χ4n) is 5.08. The molecule has 8 heteroatoms. The van der Waals surface area contributed by atoms with Gasteiger partial charge in [0.05, 0.1) is 24.5 Å². The zero-order valence-electron chi connectivity index (χ0n) is 19.5. The van der Waals surface area contributed by atoms with Crippen molar-refractivity contribution in [2.75, 3.05) is 24.5 Å². The van der Waals surface area contributed by atoms with Crippen LogP contribution in [0.15, 0.2) is 47.1 Å². The van der Waals surface area contributed by atoms with Crippen LogP contribution in [0.2, 0.25) is 0 Å². The molecular weight excluding hydrogens is 418 g/mol. The maximum Gasteiger partial charge on any atom is 0.289 e. The molecule has 0 aromatic carbocycles. The van der Waals surface area contributed by atoms with E-state index in [1.165, 1.54) is 0 Å². The molecule has 1 fully saturated rings. The lowest BCUT2D eigenvalue weighted by Crippen LogP contribution is -2.56. The molecule has 0 saturated carbocycles. The Morgan fingerprint density at radius 2 is 2.06 bits per heavy atom. The molecule has 172 valence electrons. The number of hydrogen-bond donors (Lipinski definition) is 1. The molecule has 0 aliphatic carbocycles. The number of anilines is 1. The molecule has 1 unspecified atom stereocenters. The van der Waals surface area contributed by atoms with Crippen LogP contribution >= 0.6 is 0 Å². The van der Waals surface area contributed by atoms with Gasteiger partial charge in [-0.25, -0.2) is 4.98 Å². The number of rotatable bonds is 4. The maximum absolute atomic E-state index is 13.3. The third-order valence-corrected chi connectivity index (χ3v) is 6.69. The Morgan fingerprint density at radius 1 is 1.24 bits per heavy atom. The molecule has 0 radical (unpaired) electrons. The van der Waals surface area contributed by atoms with Gasteiger partial charge >= 0.3 is 0 Å². The van der Waals surface area contributed by atoms with Crippen LogP contribution in [0.4, 0.5) is 5.69 Å². The second-order valence-corrected chi connectivity index (χ2v) is 9.28. The number of fused-ring (bicyclic) bond motifs is 4. The summed E-state index contributed by atoms with van der Waals surface area (Å²) in [5.41, 5.74) is 2.35. The number of aromatic nitrogens is 2. The molecule has 1 atom stereocenters. The van der Waals surface area contributed by atoms with Crippen molar-refractivity contribution in [1.82, 2.24) is 19.8 Å². The first kappa shape index (κ1) is 21.3. The average molecular weight is 448 g/mol. The minimum atomic E-state index is -0.541. The highest BCUT2D eigenvalue weighted by atomic mass is 16.4. The second-order valence-electron chi connectivity index (χ2n) is 9.28. The van der Waals surface area contributed by atoms with Crippen molar-refractivity contribution in [2.24, 2.45) is 0 Å². The van der Waals surface area contributed by atoms with Gasteiger partial charge in [-0.2, -0.15) is 0 Å². The first-order valence-corrected chi connectivity index (χ1v) is 11.4. The quantitative estimate of drug-likeness (QED) is 0.664. The second kappa shape index (κ2) is 7.79. The van der Waals surface area contributed by atoms with E-state index in [-0.39, 0.29) is 24.4 Å². The van der Waals surface area contributed by atoms with E-state index in [1.807, 2.05) is 57.0 Å². The van der Waals surface area contributed by atoms with E-state index >= 15 is 0 Å². The monoisotopic (exact) mass is 447 g/mol.